The monoisotopic (exact) mass is 349 g/mol. The summed E-state index contributed by atoms with van der Waals surface area (Å²) in [4.78, 5) is 17.1. The molecule has 4 rings (SSSR count). The maximum atomic E-state index is 12.6. The summed E-state index contributed by atoms with van der Waals surface area (Å²) in [7, 11) is 0. The zero-order valence-corrected chi connectivity index (χ0v) is 14.6. The number of nitrogens with zero attached hydrogens (tertiary/aromatic N) is 2. The molecule has 0 aliphatic carbocycles. The summed E-state index contributed by atoms with van der Waals surface area (Å²) < 4.78 is 5.66. The molecule has 1 unspecified atom stereocenters. The quantitative estimate of drug-likeness (QED) is 0.911. The second kappa shape index (κ2) is 6.81. The molecule has 1 aromatic rings. The summed E-state index contributed by atoms with van der Waals surface area (Å²) >= 11 is 6.16. The largest absolute Gasteiger partial charge is 0.491 e. The van der Waals surface area contributed by atoms with Crippen molar-refractivity contribution >= 4 is 23.3 Å². The first-order valence-corrected chi connectivity index (χ1v) is 9.30. The van der Waals surface area contributed by atoms with E-state index in [1.54, 1.807) is 6.07 Å². The fourth-order valence-electron chi connectivity index (χ4n) is 4.05. The van der Waals surface area contributed by atoms with Crippen molar-refractivity contribution in [1.29, 1.82) is 0 Å². The van der Waals surface area contributed by atoms with E-state index in [4.69, 9.17) is 16.3 Å². The van der Waals surface area contributed by atoms with Crippen molar-refractivity contribution in [2.75, 3.05) is 44.6 Å². The van der Waals surface area contributed by atoms with Gasteiger partial charge in [-0.25, -0.2) is 4.79 Å². The van der Waals surface area contributed by atoms with Gasteiger partial charge in [0.05, 0.1) is 12.3 Å². The van der Waals surface area contributed by atoms with Crippen LogP contribution in [-0.2, 0) is 6.42 Å². The van der Waals surface area contributed by atoms with Crippen LogP contribution in [0.25, 0.3) is 0 Å². The lowest BCUT2D eigenvalue weighted by molar-refractivity contribution is 0.217. The molecule has 0 aromatic heterocycles. The average molecular weight is 350 g/mol. The van der Waals surface area contributed by atoms with E-state index < -0.39 is 0 Å². The highest BCUT2D eigenvalue weighted by molar-refractivity contribution is 6.31. The zero-order chi connectivity index (χ0) is 16.5. The Hall–Kier alpha value is -1.46. The van der Waals surface area contributed by atoms with Crippen LogP contribution in [0, 0.1) is 5.92 Å². The van der Waals surface area contributed by atoms with Gasteiger partial charge >= 0.3 is 6.03 Å². The highest BCUT2D eigenvalue weighted by Gasteiger charge is 2.29. The third kappa shape index (κ3) is 3.33. The van der Waals surface area contributed by atoms with Crippen LogP contribution in [0.15, 0.2) is 12.1 Å². The number of amides is 2. The van der Waals surface area contributed by atoms with Crippen LogP contribution >= 0.6 is 11.6 Å². The number of urea groups is 1. The molecule has 130 valence electrons. The number of likely N-dealkylation sites (tertiary alicyclic amines) is 2. The molecule has 3 aliphatic rings. The van der Waals surface area contributed by atoms with Crippen LogP contribution in [0.2, 0.25) is 5.02 Å². The van der Waals surface area contributed by atoms with E-state index >= 15 is 0 Å². The number of halogens is 1. The van der Waals surface area contributed by atoms with Crippen molar-refractivity contribution in [2.24, 2.45) is 5.92 Å². The van der Waals surface area contributed by atoms with Crippen molar-refractivity contribution in [3.8, 4) is 5.75 Å². The maximum Gasteiger partial charge on any atom is 0.321 e. The van der Waals surface area contributed by atoms with Gasteiger partial charge in [-0.1, -0.05) is 11.6 Å². The molecule has 6 heteroatoms. The smallest absolute Gasteiger partial charge is 0.321 e. The second-order valence-electron chi connectivity index (χ2n) is 7.08. The van der Waals surface area contributed by atoms with Crippen molar-refractivity contribution < 1.29 is 9.53 Å². The number of rotatable bonds is 3. The molecule has 0 bridgehead atoms. The van der Waals surface area contributed by atoms with Gasteiger partial charge in [-0.15, -0.1) is 0 Å². The minimum atomic E-state index is -0.0427. The van der Waals surface area contributed by atoms with Gasteiger partial charge < -0.3 is 19.9 Å². The van der Waals surface area contributed by atoms with Gasteiger partial charge in [-0.05, 0) is 50.4 Å². The Balaban J connectivity index is 1.37. The third-order valence-corrected chi connectivity index (χ3v) is 5.50. The molecule has 1 atom stereocenters. The van der Waals surface area contributed by atoms with Gasteiger partial charge in [0.2, 0.25) is 0 Å². The van der Waals surface area contributed by atoms with E-state index in [2.05, 4.69) is 10.2 Å². The lowest BCUT2D eigenvalue weighted by Gasteiger charge is -2.21. The number of hydrogen-bond acceptors (Lipinski definition) is 3. The van der Waals surface area contributed by atoms with Gasteiger partial charge in [0.25, 0.3) is 0 Å². The fraction of sp³-hybridized carbons (Fsp3) is 0.611. The van der Waals surface area contributed by atoms with Crippen LogP contribution in [0.5, 0.6) is 5.75 Å². The lowest BCUT2D eigenvalue weighted by atomic mass is 10.1. The molecule has 1 aromatic carbocycles. The first-order chi connectivity index (χ1) is 11.7. The van der Waals surface area contributed by atoms with Crippen molar-refractivity contribution in [2.45, 2.75) is 25.7 Å². The minimum absolute atomic E-state index is 0.0427. The molecule has 24 heavy (non-hydrogen) atoms. The highest BCUT2D eigenvalue weighted by Crippen LogP contribution is 2.37. The Morgan fingerprint density at radius 2 is 2.12 bits per heavy atom. The zero-order valence-electron chi connectivity index (χ0n) is 13.9. The first-order valence-electron chi connectivity index (χ1n) is 8.92. The Morgan fingerprint density at radius 1 is 1.29 bits per heavy atom. The number of fused-ring (bicyclic) bond motifs is 1. The lowest BCUT2D eigenvalue weighted by Crippen LogP contribution is -2.34. The molecule has 0 saturated carbocycles. The predicted molar refractivity (Wildman–Crippen MR) is 95.0 cm³/mol. The molecule has 0 radical (unpaired) electrons. The summed E-state index contributed by atoms with van der Waals surface area (Å²) in [5.41, 5.74) is 1.77. The number of ether oxygens (including phenoxy) is 1. The van der Waals surface area contributed by atoms with E-state index in [1.807, 2.05) is 11.0 Å². The van der Waals surface area contributed by atoms with Crippen LogP contribution in [-0.4, -0.2) is 55.2 Å². The minimum Gasteiger partial charge on any atom is -0.491 e. The highest BCUT2D eigenvalue weighted by atomic mass is 35.5. The van der Waals surface area contributed by atoms with E-state index in [-0.39, 0.29) is 6.03 Å². The van der Waals surface area contributed by atoms with Crippen LogP contribution in [0.1, 0.15) is 24.8 Å². The molecule has 5 nitrogen and oxygen atoms in total. The average Bonchev–Trinajstić information content (AvgIpc) is 3.28. The van der Waals surface area contributed by atoms with Gasteiger partial charge in [-0.3, -0.25) is 0 Å². The molecule has 1 N–H and O–H groups in total. The Labute approximate surface area is 147 Å². The van der Waals surface area contributed by atoms with Crippen LogP contribution < -0.4 is 10.1 Å². The van der Waals surface area contributed by atoms with Gasteiger partial charge in [0, 0.05) is 36.6 Å². The predicted octanol–water partition coefficient (Wildman–Crippen LogP) is 3.22. The summed E-state index contributed by atoms with van der Waals surface area (Å²) in [6.45, 7) is 5.88. The number of anilines is 1. The SMILES string of the molecule is O=C(Nc1cc(Cl)cc2c1OCC2)N1CCC(CN2CCCC2)C1. The first kappa shape index (κ1) is 16.0. The molecular weight excluding hydrogens is 326 g/mol. The number of carbonyl (C=O) groups is 1. The Morgan fingerprint density at radius 3 is 2.96 bits per heavy atom. The molecule has 0 spiro atoms. The van der Waals surface area contributed by atoms with Crippen molar-refractivity contribution in [3.05, 3.63) is 22.7 Å². The fourth-order valence-corrected chi connectivity index (χ4v) is 4.29. The molecule has 3 aliphatic heterocycles. The van der Waals surface area contributed by atoms with E-state index in [0.29, 0.717) is 23.2 Å². The number of carbonyl (C=O) groups excluding carboxylic acids is 1. The Bertz CT molecular complexity index is 631. The summed E-state index contributed by atoms with van der Waals surface area (Å²) in [6, 6.07) is 3.65. The maximum absolute atomic E-state index is 12.6. The van der Waals surface area contributed by atoms with Gasteiger partial charge in [0.15, 0.2) is 0 Å². The van der Waals surface area contributed by atoms with E-state index in [0.717, 1.165) is 43.8 Å². The second-order valence-corrected chi connectivity index (χ2v) is 7.52. The molecule has 2 fully saturated rings. The molecule has 3 heterocycles. The van der Waals surface area contributed by atoms with Crippen molar-refractivity contribution in [1.82, 2.24) is 9.80 Å². The number of benzene rings is 1. The third-order valence-electron chi connectivity index (χ3n) is 5.28. The summed E-state index contributed by atoms with van der Waals surface area (Å²) in [5.74, 6) is 1.37. The topological polar surface area (TPSA) is 44.8 Å². The van der Waals surface area contributed by atoms with Gasteiger partial charge in [-0.2, -0.15) is 0 Å². The molecule has 2 saturated heterocycles. The van der Waals surface area contributed by atoms with E-state index in [9.17, 15) is 4.79 Å². The number of nitrogens with one attached hydrogen (secondary N) is 1. The molecular formula is C18H24ClN3O2. The summed E-state index contributed by atoms with van der Waals surface area (Å²) in [5, 5.41) is 3.64. The van der Waals surface area contributed by atoms with Gasteiger partial charge in [0.1, 0.15) is 5.75 Å². The summed E-state index contributed by atoms with van der Waals surface area (Å²) in [6.07, 6.45) is 4.57. The molecule has 2 amide bonds. The van der Waals surface area contributed by atoms with Crippen molar-refractivity contribution in [3.63, 3.8) is 0 Å². The number of hydrogen-bond donors (Lipinski definition) is 1. The van der Waals surface area contributed by atoms with Crippen LogP contribution in [0.3, 0.4) is 0 Å². The van der Waals surface area contributed by atoms with Crippen LogP contribution in [0.4, 0.5) is 10.5 Å². The normalized spacial score (nSPS) is 23.4. The standard InChI is InChI=1S/C18H24ClN3O2/c19-15-9-14-4-8-24-17(14)16(10-15)20-18(23)22-7-3-13(12-22)11-21-5-1-2-6-21/h9-10,13H,1-8,11-12H2,(H,20,23). The van der Waals surface area contributed by atoms with E-state index in [1.165, 1.54) is 25.9 Å². The Kier molecular flexibility index (Phi) is 4.55.